The molecule has 2 rings (SSSR count). The van der Waals surface area contributed by atoms with Gasteiger partial charge in [-0.1, -0.05) is 4.49 Å². The zero-order chi connectivity index (χ0) is 13.0. The Kier molecular flexibility index (Phi) is 4.40. The van der Waals surface area contributed by atoms with Crippen molar-refractivity contribution in [1.82, 2.24) is 14.9 Å². The molecule has 0 saturated carbocycles. The van der Waals surface area contributed by atoms with Crippen LogP contribution in [-0.4, -0.2) is 27.1 Å². The molecule has 1 amide bonds. The molecule has 0 fully saturated rings. The molecule has 2 N–H and O–H groups in total. The molecule has 0 aromatic carbocycles. The third-order valence-electron chi connectivity index (χ3n) is 2.49. The van der Waals surface area contributed by atoms with Crippen LogP contribution in [0.4, 0.5) is 0 Å². The first kappa shape index (κ1) is 13.1. The number of aryl methyl sites for hydroxylation is 1. The third kappa shape index (κ3) is 3.12. The van der Waals surface area contributed by atoms with E-state index in [-0.39, 0.29) is 5.91 Å². The summed E-state index contributed by atoms with van der Waals surface area (Å²) in [5, 5.41) is 20.2. The van der Waals surface area contributed by atoms with Crippen molar-refractivity contribution in [2.24, 2.45) is 0 Å². The van der Waals surface area contributed by atoms with Gasteiger partial charge in [-0.15, -0.1) is 5.10 Å². The van der Waals surface area contributed by atoms with Gasteiger partial charge in [0.05, 0.1) is 11.8 Å². The van der Waals surface area contributed by atoms with Crippen LogP contribution in [-0.2, 0) is 0 Å². The van der Waals surface area contributed by atoms with E-state index in [1.165, 1.54) is 0 Å². The molecule has 0 aliphatic heterocycles. The van der Waals surface area contributed by atoms with E-state index in [4.69, 9.17) is 0 Å². The maximum atomic E-state index is 11.7. The molecule has 96 valence electrons. The molecule has 2 heterocycles. The summed E-state index contributed by atoms with van der Waals surface area (Å²) in [5.41, 5.74) is 1.53. The Labute approximate surface area is 113 Å². The topological polar surface area (TPSA) is 75.1 Å². The summed E-state index contributed by atoms with van der Waals surface area (Å²) < 4.78 is 3.71. The van der Waals surface area contributed by atoms with Crippen molar-refractivity contribution in [2.45, 2.75) is 19.4 Å². The summed E-state index contributed by atoms with van der Waals surface area (Å²) in [6.45, 7) is 2.17. The number of aliphatic hydroxyl groups excluding tert-OH is 1. The van der Waals surface area contributed by atoms with Crippen LogP contribution >= 0.6 is 22.9 Å². The second kappa shape index (κ2) is 6.03. The van der Waals surface area contributed by atoms with Crippen LogP contribution in [0.5, 0.6) is 0 Å². The van der Waals surface area contributed by atoms with E-state index in [1.807, 2.05) is 16.8 Å². The number of aromatic nitrogens is 2. The molecule has 0 unspecified atom stereocenters. The molecule has 7 heteroatoms. The first-order valence-corrected chi connectivity index (χ1v) is 7.17. The fraction of sp³-hybridized carbons (Fsp3) is 0.364. The van der Waals surface area contributed by atoms with Gasteiger partial charge in [0.15, 0.2) is 0 Å². The number of nitrogens with one attached hydrogen (secondary N) is 1. The highest BCUT2D eigenvalue weighted by molar-refractivity contribution is 7.08. The highest BCUT2D eigenvalue weighted by atomic mass is 32.1. The molecule has 5 nitrogen and oxygen atoms in total. The van der Waals surface area contributed by atoms with Gasteiger partial charge in [-0.3, -0.25) is 4.79 Å². The lowest BCUT2D eigenvalue weighted by molar-refractivity contribution is 0.0946. The molecule has 0 aliphatic carbocycles. The molecular weight excluding hydrogens is 270 g/mol. The summed E-state index contributed by atoms with van der Waals surface area (Å²) in [6.07, 6.45) is -0.0365. The maximum absolute atomic E-state index is 11.7. The smallest absolute Gasteiger partial charge is 0.264 e. The standard InChI is InChI=1S/C11H13N3O2S2/c1-7-10(18-14-13-7)11(16)12-4-2-9(15)8-3-5-17-6-8/h3,5-6,9,15H,2,4H2,1H3,(H,12,16)/t9-/m0/s1. The number of carbonyl (C=O) groups excluding carboxylic acids is 1. The van der Waals surface area contributed by atoms with Crippen LogP contribution < -0.4 is 5.32 Å². The molecule has 18 heavy (non-hydrogen) atoms. The lowest BCUT2D eigenvalue weighted by Gasteiger charge is -2.09. The van der Waals surface area contributed by atoms with E-state index in [0.717, 1.165) is 17.1 Å². The van der Waals surface area contributed by atoms with Crippen LogP contribution in [0.2, 0.25) is 0 Å². The van der Waals surface area contributed by atoms with Crippen LogP contribution in [0.1, 0.15) is 33.5 Å². The summed E-state index contributed by atoms with van der Waals surface area (Å²) in [5.74, 6) is -0.181. The van der Waals surface area contributed by atoms with Crippen molar-refractivity contribution in [1.29, 1.82) is 0 Å². The summed E-state index contributed by atoms with van der Waals surface area (Å²) in [4.78, 5) is 12.3. The highest BCUT2D eigenvalue weighted by Gasteiger charge is 2.13. The zero-order valence-electron chi connectivity index (χ0n) is 9.79. The highest BCUT2D eigenvalue weighted by Crippen LogP contribution is 2.18. The fourth-order valence-corrected chi connectivity index (χ4v) is 2.75. The Hall–Kier alpha value is -1.31. The second-order valence-corrected chi connectivity index (χ2v) is 5.34. The van der Waals surface area contributed by atoms with E-state index in [0.29, 0.717) is 23.5 Å². The molecule has 0 aliphatic rings. The monoisotopic (exact) mass is 283 g/mol. The summed E-state index contributed by atoms with van der Waals surface area (Å²) in [6, 6.07) is 1.88. The minimum absolute atomic E-state index is 0.181. The number of hydrogen-bond acceptors (Lipinski definition) is 6. The van der Waals surface area contributed by atoms with E-state index >= 15 is 0 Å². The van der Waals surface area contributed by atoms with Gasteiger partial charge in [-0.05, 0) is 47.3 Å². The average molecular weight is 283 g/mol. The maximum Gasteiger partial charge on any atom is 0.264 e. The lowest BCUT2D eigenvalue weighted by Crippen LogP contribution is -2.25. The zero-order valence-corrected chi connectivity index (χ0v) is 11.4. The van der Waals surface area contributed by atoms with E-state index in [9.17, 15) is 9.90 Å². The van der Waals surface area contributed by atoms with Crippen LogP contribution in [0.25, 0.3) is 0 Å². The molecule has 1 atom stereocenters. The number of amides is 1. The Bertz CT molecular complexity index is 510. The minimum Gasteiger partial charge on any atom is -0.388 e. The number of carbonyl (C=O) groups is 1. The first-order chi connectivity index (χ1) is 8.68. The van der Waals surface area contributed by atoms with Gasteiger partial charge in [0.1, 0.15) is 4.88 Å². The van der Waals surface area contributed by atoms with E-state index in [2.05, 4.69) is 14.9 Å². The van der Waals surface area contributed by atoms with Crippen molar-refractivity contribution in [3.05, 3.63) is 33.0 Å². The van der Waals surface area contributed by atoms with Gasteiger partial charge < -0.3 is 10.4 Å². The largest absolute Gasteiger partial charge is 0.388 e. The van der Waals surface area contributed by atoms with Gasteiger partial charge >= 0.3 is 0 Å². The molecule has 0 radical (unpaired) electrons. The SMILES string of the molecule is Cc1nnsc1C(=O)NCC[C@H](O)c1ccsc1. The quantitative estimate of drug-likeness (QED) is 0.877. The van der Waals surface area contributed by atoms with Crippen molar-refractivity contribution >= 4 is 28.8 Å². The molecule has 0 spiro atoms. The van der Waals surface area contributed by atoms with Gasteiger partial charge in [0.25, 0.3) is 5.91 Å². The molecule has 2 aromatic rings. The van der Waals surface area contributed by atoms with Crippen molar-refractivity contribution < 1.29 is 9.90 Å². The Morgan fingerprint density at radius 2 is 2.44 bits per heavy atom. The first-order valence-electron chi connectivity index (χ1n) is 5.46. The minimum atomic E-state index is -0.530. The third-order valence-corrected chi connectivity index (χ3v) is 4.02. The fourth-order valence-electron chi connectivity index (χ4n) is 1.47. The van der Waals surface area contributed by atoms with Crippen LogP contribution in [0.3, 0.4) is 0 Å². The van der Waals surface area contributed by atoms with E-state index < -0.39 is 6.10 Å². The van der Waals surface area contributed by atoms with Crippen LogP contribution in [0.15, 0.2) is 16.8 Å². The van der Waals surface area contributed by atoms with Crippen molar-refractivity contribution in [3.63, 3.8) is 0 Å². The Morgan fingerprint density at radius 1 is 1.61 bits per heavy atom. The lowest BCUT2D eigenvalue weighted by atomic mass is 10.1. The second-order valence-electron chi connectivity index (χ2n) is 3.80. The van der Waals surface area contributed by atoms with Gasteiger partial charge in [-0.25, -0.2) is 0 Å². The van der Waals surface area contributed by atoms with Gasteiger partial charge in [-0.2, -0.15) is 11.3 Å². The predicted molar refractivity (Wildman–Crippen MR) is 70.9 cm³/mol. The molecule has 0 bridgehead atoms. The number of aliphatic hydroxyl groups is 1. The molecule has 2 aromatic heterocycles. The van der Waals surface area contributed by atoms with Crippen LogP contribution in [0, 0.1) is 6.92 Å². The average Bonchev–Trinajstić information content (AvgIpc) is 2.99. The number of rotatable bonds is 5. The number of hydrogen-bond donors (Lipinski definition) is 2. The van der Waals surface area contributed by atoms with Crippen molar-refractivity contribution in [2.75, 3.05) is 6.54 Å². The molecule has 0 saturated heterocycles. The summed E-state index contributed by atoms with van der Waals surface area (Å²) in [7, 11) is 0. The number of nitrogens with zero attached hydrogens (tertiary/aromatic N) is 2. The number of thiophene rings is 1. The Morgan fingerprint density at radius 3 is 3.06 bits per heavy atom. The van der Waals surface area contributed by atoms with Crippen molar-refractivity contribution in [3.8, 4) is 0 Å². The Balaban J connectivity index is 1.79. The van der Waals surface area contributed by atoms with Gasteiger partial charge in [0, 0.05) is 6.54 Å². The van der Waals surface area contributed by atoms with Gasteiger partial charge in [0.2, 0.25) is 0 Å². The van der Waals surface area contributed by atoms with E-state index in [1.54, 1.807) is 18.3 Å². The summed E-state index contributed by atoms with van der Waals surface area (Å²) >= 11 is 2.63. The predicted octanol–water partition coefficient (Wildman–Crippen LogP) is 1.76. The molecular formula is C11H13N3O2S2. The normalized spacial score (nSPS) is 12.3.